The van der Waals surface area contributed by atoms with Crippen molar-refractivity contribution in [1.82, 2.24) is 0 Å². The van der Waals surface area contributed by atoms with E-state index in [1.54, 1.807) is 36.4 Å². The fourth-order valence-corrected chi connectivity index (χ4v) is 2.84. The van der Waals surface area contributed by atoms with Crippen LogP contribution in [0.15, 0.2) is 54.6 Å². The number of benzene rings is 2. The number of amides is 1. The molecule has 2 N–H and O–H groups in total. The molecule has 2 aromatic rings. The van der Waals surface area contributed by atoms with Crippen molar-refractivity contribution in [3.63, 3.8) is 0 Å². The van der Waals surface area contributed by atoms with Gasteiger partial charge in [-0.05, 0) is 29.8 Å². The average molecular weight is 336 g/mol. The molecule has 1 atom stereocenters. The number of nitrogens with one attached hydrogen (secondary N) is 1. The van der Waals surface area contributed by atoms with Crippen molar-refractivity contribution in [3.8, 4) is 0 Å². The minimum atomic E-state index is -0.953. The van der Waals surface area contributed by atoms with E-state index in [9.17, 15) is 9.59 Å². The van der Waals surface area contributed by atoms with E-state index < -0.39 is 11.2 Å². The Labute approximate surface area is 137 Å². The molecule has 0 aliphatic carbocycles. The van der Waals surface area contributed by atoms with Crippen molar-refractivity contribution >= 4 is 40.9 Å². The van der Waals surface area contributed by atoms with Crippen LogP contribution in [0.5, 0.6) is 0 Å². The van der Waals surface area contributed by atoms with Gasteiger partial charge in [-0.2, -0.15) is 0 Å². The molecule has 6 heteroatoms. The van der Waals surface area contributed by atoms with Crippen LogP contribution >= 0.6 is 23.4 Å². The number of hydrogen-bond donors (Lipinski definition) is 2. The van der Waals surface area contributed by atoms with E-state index in [0.717, 1.165) is 17.3 Å². The Morgan fingerprint density at radius 3 is 2.32 bits per heavy atom. The van der Waals surface area contributed by atoms with Gasteiger partial charge in [-0.25, -0.2) is 0 Å². The monoisotopic (exact) mass is 335 g/mol. The summed E-state index contributed by atoms with van der Waals surface area (Å²) in [6.07, 6.45) is 0. The van der Waals surface area contributed by atoms with Gasteiger partial charge >= 0.3 is 5.97 Å². The van der Waals surface area contributed by atoms with E-state index in [0.29, 0.717) is 10.7 Å². The Kier molecular flexibility index (Phi) is 5.86. The number of carboxylic acids is 1. The molecule has 0 aliphatic rings. The minimum absolute atomic E-state index is 0.145. The number of hydrogen-bond acceptors (Lipinski definition) is 3. The van der Waals surface area contributed by atoms with Gasteiger partial charge in [0.05, 0.1) is 5.75 Å². The third-order valence-electron chi connectivity index (χ3n) is 2.83. The van der Waals surface area contributed by atoms with Crippen LogP contribution in [0.3, 0.4) is 0 Å². The lowest BCUT2D eigenvalue weighted by atomic mass is 10.1. The van der Waals surface area contributed by atoms with Gasteiger partial charge in [0, 0.05) is 10.7 Å². The summed E-state index contributed by atoms with van der Waals surface area (Å²) in [6, 6.07) is 15.9. The normalized spacial score (nSPS) is 11.7. The minimum Gasteiger partial charge on any atom is -0.481 e. The lowest BCUT2D eigenvalue weighted by Gasteiger charge is -2.16. The van der Waals surface area contributed by atoms with Gasteiger partial charge < -0.3 is 10.4 Å². The van der Waals surface area contributed by atoms with Gasteiger partial charge in [0.15, 0.2) is 0 Å². The zero-order valence-electron chi connectivity index (χ0n) is 11.5. The summed E-state index contributed by atoms with van der Waals surface area (Å²) in [5.74, 6) is -1.36. The van der Waals surface area contributed by atoms with Crippen LogP contribution in [0.4, 0.5) is 5.69 Å². The summed E-state index contributed by atoms with van der Waals surface area (Å²) in [5.41, 5.74) is 1.38. The van der Waals surface area contributed by atoms with Crippen LogP contribution in [-0.4, -0.2) is 22.7 Å². The molecule has 0 bridgehead atoms. The van der Waals surface area contributed by atoms with Crippen LogP contribution in [0.1, 0.15) is 10.8 Å². The van der Waals surface area contributed by atoms with E-state index >= 15 is 0 Å². The first-order chi connectivity index (χ1) is 10.6. The number of carboxylic acid groups (broad SMARTS) is 1. The topological polar surface area (TPSA) is 66.4 Å². The van der Waals surface area contributed by atoms with Crippen molar-refractivity contribution in [2.45, 2.75) is 5.25 Å². The zero-order chi connectivity index (χ0) is 15.9. The van der Waals surface area contributed by atoms with Crippen molar-refractivity contribution in [3.05, 3.63) is 65.2 Å². The molecule has 0 spiro atoms. The number of anilines is 1. The number of rotatable bonds is 6. The van der Waals surface area contributed by atoms with Crippen LogP contribution in [-0.2, 0) is 9.59 Å². The molecular weight excluding hydrogens is 322 g/mol. The van der Waals surface area contributed by atoms with Gasteiger partial charge in [-0.1, -0.05) is 41.9 Å². The predicted molar refractivity (Wildman–Crippen MR) is 89.4 cm³/mol. The Balaban J connectivity index is 2.14. The summed E-state index contributed by atoms with van der Waals surface area (Å²) < 4.78 is 0. The van der Waals surface area contributed by atoms with Crippen molar-refractivity contribution in [2.24, 2.45) is 0 Å². The summed E-state index contributed by atoms with van der Waals surface area (Å²) >= 11 is 6.88. The highest BCUT2D eigenvalue weighted by molar-refractivity contribution is 8.00. The second-order valence-corrected chi connectivity index (χ2v) is 6.02. The van der Waals surface area contributed by atoms with E-state index in [4.69, 9.17) is 16.7 Å². The molecule has 0 fully saturated rings. The standard InChI is InChI=1S/C16H14ClNO3S/c17-12-6-8-13(9-7-12)18-16(21)15(22-10-14(19)20)11-4-2-1-3-5-11/h1-9,15H,10H2,(H,18,21)(H,19,20)/t15-/m0/s1. The molecule has 0 unspecified atom stereocenters. The molecule has 114 valence electrons. The summed E-state index contributed by atoms with van der Waals surface area (Å²) in [7, 11) is 0. The average Bonchev–Trinajstić information content (AvgIpc) is 2.50. The molecule has 0 heterocycles. The maximum atomic E-state index is 12.5. The number of halogens is 1. The second kappa shape index (κ2) is 7.87. The highest BCUT2D eigenvalue weighted by Crippen LogP contribution is 2.30. The fraction of sp³-hybridized carbons (Fsp3) is 0.125. The van der Waals surface area contributed by atoms with Crippen LogP contribution in [0.25, 0.3) is 0 Å². The smallest absolute Gasteiger partial charge is 0.313 e. The van der Waals surface area contributed by atoms with E-state index in [2.05, 4.69) is 5.32 Å². The van der Waals surface area contributed by atoms with Gasteiger partial charge in [0.1, 0.15) is 5.25 Å². The lowest BCUT2D eigenvalue weighted by Crippen LogP contribution is -2.20. The van der Waals surface area contributed by atoms with Crippen molar-refractivity contribution in [2.75, 3.05) is 11.1 Å². The third-order valence-corrected chi connectivity index (χ3v) is 4.31. The van der Waals surface area contributed by atoms with Crippen molar-refractivity contribution in [1.29, 1.82) is 0 Å². The highest BCUT2D eigenvalue weighted by Gasteiger charge is 2.22. The van der Waals surface area contributed by atoms with Crippen LogP contribution in [0.2, 0.25) is 5.02 Å². The number of carbonyl (C=O) groups is 2. The van der Waals surface area contributed by atoms with E-state index in [1.807, 2.05) is 18.2 Å². The predicted octanol–water partition coefficient (Wildman–Crippen LogP) is 3.84. The Morgan fingerprint density at radius 1 is 1.09 bits per heavy atom. The molecule has 0 saturated carbocycles. The van der Waals surface area contributed by atoms with Gasteiger partial charge in [0.25, 0.3) is 0 Å². The lowest BCUT2D eigenvalue weighted by molar-refractivity contribution is -0.133. The van der Waals surface area contributed by atoms with E-state index in [1.165, 1.54) is 0 Å². The first-order valence-electron chi connectivity index (χ1n) is 6.51. The molecule has 0 saturated heterocycles. The molecule has 0 aromatic heterocycles. The molecule has 22 heavy (non-hydrogen) atoms. The largest absolute Gasteiger partial charge is 0.481 e. The first kappa shape index (κ1) is 16.4. The Morgan fingerprint density at radius 2 is 1.73 bits per heavy atom. The van der Waals surface area contributed by atoms with Crippen LogP contribution in [0, 0.1) is 0 Å². The molecule has 0 radical (unpaired) electrons. The van der Waals surface area contributed by atoms with Gasteiger partial charge in [-0.3, -0.25) is 9.59 Å². The molecule has 0 aliphatic heterocycles. The number of carbonyl (C=O) groups excluding carboxylic acids is 1. The van der Waals surface area contributed by atoms with E-state index in [-0.39, 0.29) is 11.7 Å². The highest BCUT2D eigenvalue weighted by atomic mass is 35.5. The molecular formula is C16H14ClNO3S. The van der Waals surface area contributed by atoms with Crippen molar-refractivity contribution < 1.29 is 14.7 Å². The summed E-state index contributed by atoms with van der Waals surface area (Å²) in [6.45, 7) is 0. The summed E-state index contributed by atoms with van der Waals surface area (Å²) in [5, 5.41) is 11.6. The Bertz CT molecular complexity index is 646. The number of aliphatic carboxylic acids is 1. The molecule has 2 aromatic carbocycles. The SMILES string of the molecule is O=C(O)CS[C@H](C(=O)Nc1ccc(Cl)cc1)c1ccccc1. The van der Waals surface area contributed by atoms with Gasteiger partial charge in [0.2, 0.25) is 5.91 Å². The second-order valence-electron chi connectivity index (χ2n) is 4.49. The third kappa shape index (κ3) is 4.79. The molecule has 2 rings (SSSR count). The fourth-order valence-electron chi connectivity index (χ4n) is 1.85. The Hall–Kier alpha value is -1.98. The maximum absolute atomic E-state index is 12.5. The quantitative estimate of drug-likeness (QED) is 0.841. The van der Waals surface area contributed by atoms with Crippen LogP contribution < -0.4 is 5.32 Å². The maximum Gasteiger partial charge on any atom is 0.313 e. The number of thioether (sulfide) groups is 1. The summed E-state index contributed by atoms with van der Waals surface area (Å²) in [4.78, 5) is 23.2. The molecule has 4 nitrogen and oxygen atoms in total. The zero-order valence-corrected chi connectivity index (χ0v) is 13.1. The molecule has 1 amide bonds. The van der Waals surface area contributed by atoms with Gasteiger partial charge in [-0.15, -0.1) is 11.8 Å². The first-order valence-corrected chi connectivity index (χ1v) is 7.93.